The molecule has 4 heteroatoms. The van der Waals surface area contributed by atoms with E-state index in [0.717, 1.165) is 30.9 Å². The summed E-state index contributed by atoms with van der Waals surface area (Å²) in [6, 6.07) is 17.3. The van der Waals surface area contributed by atoms with Crippen LogP contribution in [0.2, 0.25) is 0 Å². The van der Waals surface area contributed by atoms with Gasteiger partial charge in [0.05, 0.1) is 13.7 Å². The highest BCUT2D eigenvalue weighted by Crippen LogP contribution is 2.29. The third kappa shape index (κ3) is 8.53. The molecule has 3 nitrogen and oxygen atoms in total. The van der Waals surface area contributed by atoms with Gasteiger partial charge in [-0.1, -0.05) is 63.1 Å². The van der Waals surface area contributed by atoms with Crippen LogP contribution >= 0.6 is 12.4 Å². The number of nitrogens with one attached hydrogen (secondary N) is 1. The summed E-state index contributed by atoms with van der Waals surface area (Å²) in [5, 5.41) is 3.69. The lowest BCUT2D eigenvalue weighted by molar-refractivity contribution is 0.297. The van der Waals surface area contributed by atoms with Gasteiger partial charge in [0.25, 0.3) is 0 Å². The molecule has 0 heterocycles. The zero-order chi connectivity index (χ0) is 19.3. The number of hydrogen-bond acceptors (Lipinski definition) is 3. The molecule has 0 amide bonds. The van der Waals surface area contributed by atoms with Crippen molar-refractivity contribution in [2.45, 2.75) is 58.4 Å². The second-order valence-corrected chi connectivity index (χ2v) is 7.07. The van der Waals surface area contributed by atoms with E-state index in [-0.39, 0.29) is 12.4 Å². The lowest BCUT2D eigenvalue weighted by atomic mass is 10.0. The van der Waals surface area contributed by atoms with E-state index in [1.54, 1.807) is 7.11 Å². The molecule has 0 aliphatic carbocycles. The van der Waals surface area contributed by atoms with Crippen LogP contribution in [0.3, 0.4) is 0 Å². The maximum atomic E-state index is 6.07. The SMILES string of the molecule is CCCCC(Cc1ccc(OC)c(OCCc2ccccc2)c1)NCCC.Cl. The predicted octanol–water partition coefficient (Wildman–Crippen LogP) is 5.84. The molecule has 1 unspecified atom stereocenters. The van der Waals surface area contributed by atoms with Gasteiger partial charge in [0.15, 0.2) is 11.5 Å². The van der Waals surface area contributed by atoms with Crippen LogP contribution in [0.4, 0.5) is 0 Å². The van der Waals surface area contributed by atoms with Crippen molar-refractivity contribution >= 4 is 12.4 Å². The molecule has 0 aromatic heterocycles. The Kier molecular flexibility index (Phi) is 12.4. The number of halogens is 1. The summed E-state index contributed by atoms with van der Waals surface area (Å²) in [7, 11) is 1.70. The molecule has 0 spiro atoms. The molecule has 156 valence electrons. The van der Waals surface area contributed by atoms with Crippen molar-refractivity contribution in [3.63, 3.8) is 0 Å². The topological polar surface area (TPSA) is 30.5 Å². The minimum atomic E-state index is 0. The van der Waals surface area contributed by atoms with Gasteiger partial charge in [-0.25, -0.2) is 0 Å². The van der Waals surface area contributed by atoms with Crippen LogP contribution < -0.4 is 14.8 Å². The van der Waals surface area contributed by atoms with E-state index in [0.29, 0.717) is 12.6 Å². The van der Waals surface area contributed by atoms with Crippen LogP contribution in [0.25, 0.3) is 0 Å². The first kappa shape index (κ1) is 24.3. The number of unbranched alkanes of at least 4 members (excludes halogenated alkanes) is 1. The zero-order valence-corrected chi connectivity index (χ0v) is 18.4. The van der Waals surface area contributed by atoms with E-state index < -0.39 is 0 Å². The number of hydrogen-bond donors (Lipinski definition) is 1. The Morgan fingerprint density at radius 3 is 2.39 bits per heavy atom. The van der Waals surface area contributed by atoms with E-state index in [1.807, 2.05) is 12.1 Å². The van der Waals surface area contributed by atoms with Crippen LogP contribution in [-0.2, 0) is 12.8 Å². The van der Waals surface area contributed by atoms with Crippen molar-refractivity contribution < 1.29 is 9.47 Å². The van der Waals surface area contributed by atoms with Crippen molar-refractivity contribution in [2.75, 3.05) is 20.3 Å². The Labute approximate surface area is 177 Å². The van der Waals surface area contributed by atoms with E-state index in [9.17, 15) is 0 Å². The minimum absolute atomic E-state index is 0. The summed E-state index contributed by atoms with van der Waals surface area (Å²) in [6.45, 7) is 6.20. The lowest BCUT2D eigenvalue weighted by Gasteiger charge is -2.19. The number of benzene rings is 2. The molecule has 0 aliphatic rings. The first-order valence-electron chi connectivity index (χ1n) is 10.3. The molecule has 0 fully saturated rings. The van der Waals surface area contributed by atoms with Crippen molar-refractivity contribution in [3.8, 4) is 11.5 Å². The molecule has 2 aromatic carbocycles. The summed E-state index contributed by atoms with van der Waals surface area (Å²) in [5.41, 5.74) is 2.59. The molecule has 0 radical (unpaired) electrons. The minimum Gasteiger partial charge on any atom is -0.493 e. The van der Waals surface area contributed by atoms with Gasteiger partial charge in [-0.05, 0) is 49.1 Å². The van der Waals surface area contributed by atoms with Gasteiger partial charge < -0.3 is 14.8 Å². The Bertz CT molecular complexity index is 640. The molecule has 2 aromatic rings. The molecule has 28 heavy (non-hydrogen) atoms. The van der Waals surface area contributed by atoms with Crippen molar-refractivity contribution in [2.24, 2.45) is 0 Å². The summed E-state index contributed by atoms with van der Waals surface area (Å²) < 4.78 is 11.6. The van der Waals surface area contributed by atoms with E-state index in [1.165, 1.54) is 36.8 Å². The fourth-order valence-electron chi connectivity index (χ4n) is 3.24. The van der Waals surface area contributed by atoms with Crippen molar-refractivity contribution in [1.29, 1.82) is 0 Å². The van der Waals surface area contributed by atoms with Crippen LogP contribution in [0, 0.1) is 0 Å². The third-order valence-corrected chi connectivity index (χ3v) is 4.79. The third-order valence-electron chi connectivity index (χ3n) is 4.79. The van der Waals surface area contributed by atoms with E-state index in [2.05, 4.69) is 55.6 Å². The molecular weight excluding hydrogens is 370 g/mol. The quantitative estimate of drug-likeness (QED) is 0.454. The zero-order valence-electron chi connectivity index (χ0n) is 17.6. The summed E-state index contributed by atoms with van der Waals surface area (Å²) in [5.74, 6) is 1.65. The lowest BCUT2D eigenvalue weighted by Crippen LogP contribution is -2.31. The molecule has 0 saturated heterocycles. The first-order chi connectivity index (χ1) is 13.3. The fraction of sp³-hybridized carbons (Fsp3) is 0.500. The van der Waals surface area contributed by atoms with E-state index >= 15 is 0 Å². The van der Waals surface area contributed by atoms with Gasteiger partial charge in [-0.15, -0.1) is 12.4 Å². The summed E-state index contributed by atoms with van der Waals surface area (Å²) in [6.07, 6.45) is 6.80. The Morgan fingerprint density at radius 1 is 0.929 bits per heavy atom. The van der Waals surface area contributed by atoms with Crippen LogP contribution in [0.5, 0.6) is 11.5 Å². The van der Waals surface area contributed by atoms with Crippen molar-refractivity contribution in [1.82, 2.24) is 5.32 Å². The van der Waals surface area contributed by atoms with Crippen LogP contribution in [0.1, 0.15) is 50.7 Å². The highest BCUT2D eigenvalue weighted by molar-refractivity contribution is 5.85. The average Bonchev–Trinajstić information content (AvgIpc) is 2.71. The maximum Gasteiger partial charge on any atom is 0.161 e. The Morgan fingerprint density at radius 2 is 1.71 bits per heavy atom. The van der Waals surface area contributed by atoms with Gasteiger partial charge in [0.2, 0.25) is 0 Å². The Balaban J connectivity index is 0.00000392. The first-order valence-corrected chi connectivity index (χ1v) is 10.3. The molecule has 0 saturated carbocycles. The van der Waals surface area contributed by atoms with Crippen LogP contribution in [-0.4, -0.2) is 26.3 Å². The predicted molar refractivity (Wildman–Crippen MR) is 121 cm³/mol. The van der Waals surface area contributed by atoms with Gasteiger partial charge in [0, 0.05) is 12.5 Å². The van der Waals surface area contributed by atoms with Gasteiger partial charge in [-0.3, -0.25) is 0 Å². The maximum absolute atomic E-state index is 6.07. The fourth-order valence-corrected chi connectivity index (χ4v) is 3.24. The molecule has 2 rings (SSSR count). The average molecular weight is 406 g/mol. The second kappa shape index (κ2) is 14.3. The normalized spacial score (nSPS) is 11.5. The van der Waals surface area contributed by atoms with E-state index in [4.69, 9.17) is 9.47 Å². The highest BCUT2D eigenvalue weighted by atomic mass is 35.5. The summed E-state index contributed by atoms with van der Waals surface area (Å²) in [4.78, 5) is 0. The van der Waals surface area contributed by atoms with Crippen molar-refractivity contribution in [3.05, 3.63) is 59.7 Å². The summed E-state index contributed by atoms with van der Waals surface area (Å²) >= 11 is 0. The molecular formula is C24H36ClNO2. The Hall–Kier alpha value is -1.71. The smallest absolute Gasteiger partial charge is 0.161 e. The van der Waals surface area contributed by atoms with Gasteiger partial charge >= 0.3 is 0 Å². The number of rotatable bonds is 13. The monoisotopic (exact) mass is 405 g/mol. The standard InChI is InChI=1S/C24H35NO2.ClH/c1-4-6-12-22(25-16-5-2)18-21-13-14-23(26-3)24(19-21)27-17-15-20-10-8-7-9-11-20;/h7-11,13-14,19,22,25H,4-6,12,15-18H2,1-3H3;1H. The molecule has 0 aliphatic heterocycles. The number of methoxy groups -OCH3 is 1. The molecule has 1 atom stereocenters. The molecule has 1 N–H and O–H groups in total. The highest BCUT2D eigenvalue weighted by Gasteiger charge is 2.12. The number of ether oxygens (including phenoxy) is 2. The largest absolute Gasteiger partial charge is 0.493 e. The second-order valence-electron chi connectivity index (χ2n) is 7.07. The van der Waals surface area contributed by atoms with Gasteiger partial charge in [0.1, 0.15) is 0 Å². The molecule has 0 bridgehead atoms. The van der Waals surface area contributed by atoms with Gasteiger partial charge in [-0.2, -0.15) is 0 Å². The van der Waals surface area contributed by atoms with Crippen LogP contribution in [0.15, 0.2) is 48.5 Å².